The maximum Gasteiger partial charge on any atom is 0.139 e. The number of ether oxygens (including phenoxy) is 1. The summed E-state index contributed by atoms with van der Waals surface area (Å²) in [7, 11) is 0. The van der Waals surface area contributed by atoms with Gasteiger partial charge in [-0.05, 0) is 171 Å². The smallest absolute Gasteiger partial charge is 0.139 e. The lowest BCUT2D eigenvalue weighted by atomic mass is 9.67. The normalized spacial score (nSPS) is 14.0. The molecule has 0 amide bonds. The van der Waals surface area contributed by atoms with E-state index in [4.69, 9.17) is 4.74 Å². The van der Waals surface area contributed by atoms with Gasteiger partial charge in [-0.2, -0.15) is 0 Å². The first-order valence-corrected chi connectivity index (χ1v) is 32.5. The molecule has 1 aliphatic heterocycles. The third-order valence-electron chi connectivity index (χ3n) is 20.7. The highest BCUT2D eigenvalue weighted by Gasteiger charge is 2.49. The molecule has 0 radical (unpaired) electrons. The number of hydrogen-bond acceptors (Lipinski definition) is 2. The van der Waals surface area contributed by atoms with Gasteiger partial charge in [0.25, 0.3) is 0 Å². The van der Waals surface area contributed by atoms with E-state index in [2.05, 4.69) is 365 Å². The van der Waals surface area contributed by atoms with Crippen LogP contribution in [0.15, 0.2) is 346 Å². The van der Waals surface area contributed by atoms with E-state index in [1.54, 1.807) is 0 Å². The average Bonchev–Trinajstić information content (AvgIpc) is 1.55. The summed E-state index contributed by atoms with van der Waals surface area (Å²) in [4.78, 5) is 2.51. The van der Waals surface area contributed by atoms with Gasteiger partial charge in [0.15, 0.2) is 0 Å². The molecule has 15 aromatic carbocycles. The van der Waals surface area contributed by atoms with Crippen LogP contribution in [0.4, 0.5) is 17.1 Å². The number of anilines is 3. The van der Waals surface area contributed by atoms with E-state index in [-0.39, 0.29) is 5.41 Å². The Morgan fingerprint density at radius 2 is 0.602 bits per heavy atom. The van der Waals surface area contributed by atoms with Crippen molar-refractivity contribution in [1.82, 2.24) is 0 Å². The lowest BCUT2D eigenvalue weighted by molar-refractivity contribution is 0.419. The predicted molar refractivity (Wildman–Crippen MR) is 386 cm³/mol. The van der Waals surface area contributed by atoms with Crippen LogP contribution in [0.25, 0.3) is 77.2 Å². The van der Waals surface area contributed by atoms with Crippen molar-refractivity contribution < 1.29 is 4.74 Å². The summed E-state index contributed by atoms with van der Waals surface area (Å²) < 4.78 is 6.93. The molecule has 0 unspecified atom stereocenters. The zero-order chi connectivity index (χ0) is 61.8. The Morgan fingerprint density at radius 3 is 1.09 bits per heavy atom. The Bertz CT molecular complexity index is 5080. The van der Waals surface area contributed by atoms with Crippen LogP contribution in [0.3, 0.4) is 0 Å². The van der Waals surface area contributed by atoms with Gasteiger partial charge >= 0.3 is 0 Å². The standard InChI is InChI=1S/C91H63NO/c1-89(2)81-41-19-20-43-87(81)93-88-76(40-23-42-82(88)89)62-44-48-69(49-45-62)92(70-50-54-79-77-52-46-63(74-38-21-26-60-24-15-17-36-72(60)74)56-83(77)90(85(79)58-70,65-28-7-3-8-29-65)66-30-9-4-10-31-66)71-51-55-80-78-53-47-64(75-39-22-27-61-25-16-18-37-73(61)75)57-84(78)91(86(80)59-71,67-32-11-5-12-33-67)68-34-13-6-14-35-68/h3-59H,1-2H3. The van der Waals surface area contributed by atoms with Crippen molar-refractivity contribution in [3.05, 3.63) is 401 Å². The summed E-state index contributed by atoms with van der Waals surface area (Å²) >= 11 is 0. The van der Waals surface area contributed by atoms with Gasteiger partial charge in [0.05, 0.1) is 10.8 Å². The maximum atomic E-state index is 6.93. The lowest BCUT2D eigenvalue weighted by Crippen LogP contribution is -2.29. The number of hydrogen-bond donors (Lipinski definition) is 0. The topological polar surface area (TPSA) is 12.5 Å². The van der Waals surface area contributed by atoms with Crippen LogP contribution in [-0.4, -0.2) is 0 Å². The minimum Gasteiger partial charge on any atom is -0.456 e. The van der Waals surface area contributed by atoms with Crippen LogP contribution in [0, 0.1) is 0 Å². The molecule has 438 valence electrons. The molecule has 93 heavy (non-hydrogen) atoms. The molecule has 0 saturated carbocycles. The van der Waals surface area contributed by atoms with Gasteiger partial charge < -0.3 is 9.64 Å². The minimum absolute atomic E-state index is 0.254. The molecule has 3 aliphatic rings. The summed E-state index contributed by atoms with van der Waals surface area (Å²) in [6.07, 6.45) is 0. The predicted octanol–water partition coefficient (Wildman–Crippen LogP) is 23.6. The van der Waals surface area contributed by atoms with Crippen molar-refractivity contribution in [3.8, 4) is 67.1 Å². The summed E-state index contributed by atoms with van der Waals surface area (Å²) in [5.74, 6) is 1.81. The van der Waals surface area contributed by atoms with Gasteiger partial charge in [-0.25, -0.2) is 0 Å². The Balaban J connectivity index is 0.877. The molecule has 0 atom stereocenters. The van der Waals surface area contributed by atoms with E-state index in [1.165, 1.54) is 122 Å². The number of benzene rings is 15. The van der Waals surface area contributed by atoms with Gasteiger partial charge in [0.2, 0.25) is 0 Å². The van der Waals surface area contributed by atoms with Crippen molar-refractivity contribution >= 4 is 38.6 Å². The third kappa shape index (κ3) is 8.21. The summed E-state index contributed by atoms with van der Waals surface area (Å²) in [6, 6.07) is 129. The molecule has 2 aliphatic carbocycles. The molecule has 2 nitrogen and oxygen atoms in total. The van der Waals surface area contributed by atoms with Gasteiger partial charge in [-0.1, -0.05) is 305 Å². The number of fused-ring (bicyclic) bond motifs is 10. The largest absolute Gasteiger partial charge is 0.456 e. The first-order chi connectivity index (χ1) is 45.9. The quantitative estimate of drug-likeness (QED) is 0.135. The number of rotatable bonds is 10. The maximum absolute atomic E-state index is 6.93. The molecular weight excluding hydrogens is 1120 g/mol. The van der Waals surface area contributed by atoms with Crippen LogP contribution >= 0.6 is 0 Å². The molecule has 18 rings (SSSR count). The molecule has 0 fully saturated rings. The first kappa shape index (κ1) is 54.4. The van der Waals surface area contributed by atoms with Gasteiger partial charge in [0.1, 0.15) is 11.5 Å². The van der Waals surface area contributed by atoms with Gasteiger partial charge in [-0.3, -0.25) is 0 Å². The highest BCUT2D eigenvalue weighted by molar-refractivity contribution is 6.01. The minimum atomic E-state index is -0.699. The lowest BCUT2D eigenvalue weighted by Gasteiger charge is -2.36. The van der Waals surface area contributed by atoms with Gasteiger partial charge in [0, 0.05) is 39.2 Å². The average molecular weight is 1190 g/mol. The van der Waals surface area contributed by atoms with Crippen LogP contribution < -0.4 is 9.64 Å². The van der Waals surface area contributed by atoms with Crippen molar-refractivity contribution in [3.63, 3.8) is 0 Å². The SMILES string of the molecule is CC1(C)c2ccccc2Oc2c(-c3ccc(N(c4ccc5c(c4)C(c4ccccc4)(c4ccccc4)c4cc(-c6cccc7ccccc67)ccc4-5)c4ccc5c(c4)C(c4ccccc4)(c4ccccc4)c4cc(-c6cccc7ccccc67)ccc4-5)cc3)cccc21. The van der Waals surface area contributed by atoms with Gasteiger partial charge in [-0.15, -0.1) is 0 Å². The molecule has 0 spiro atoms. The van der Waals surface area contributed by atoms with Crippen molar-refractivity contribution in [1.29, 1.82) is 0 Å². The third-order valence-corrected chi connectivity index (χ3v) is 20.7. The fourth-order valence-corrected chi connectivity index (χ4v) is 16.5. The van der Waals surface area contributed by atoms with Crippen molar-refractivity contribution in [2.24, 2.45) is 0 Å². The molecule has 0 N–H and O–H groups in total. The summed E-state index contributed by atoms with van der Waals surface area (Å²) in [5, 5.41) is 4.94. The van der Waals surface area contributed by atoms with Crippen LogP contribution in [0.5, 0.6) is 11.5 Å². The summed E-state index contributed by atoms with van der Waals surface area (Å²) in [5.41, 5.74) is 25.6. The zero-order valence-electron chi connectivity index (χ0n) is 51.8. The van der Waals surface area contributed by atoms with Crippen LogP contribution in [0.2, 0.25) is 0 Å². The number of para-hydroxylation sites is 2. The second kappa shape index (κ2) is 21.3. The van der Waals surface area contributed by atoms with E-state index in [0.717, 1.165) is 39.7 Å². The fourth-order valence-electron chi connectivity index (χ4n) is 16.5. The summed E-state index contributed by atoms with van der Waals surface area (Å²) in [6.45, 7) is 4.62. The molecule has 2 heteroatoms. The molecular formula is C91H63NO. The number of nitrogens with zero attached hydrogens (tertiary/aromatic N) is 1. The monoisotopic (exact) mass is 1190 g/mol. The Kier molecular flexibility index (Phi) is 12.4. The molecule has 0 saturated heterocycles. The van der Waals surface area contributed by atoms with E-state index in [0.29, 0.717) is 0 Å². The first-order valence-electron chi connectivity index (χ1n) is 32.5. The van der Waals surface area contributed by atoms with Crippen molar-refractivity contribution in [2.75, 3.05) is 4.90 Å². The van der Waals surface area contributed by atoms with E-state index in [1.807, 2.05) is 0 Å². The Morgan fingerprint density at radius 1 is 0.247 bits per heavy atom. The zero-order valence-corrected chi connectivity index (χ0v) is 51.8. The molecule has 1 heterocycles. The molecule has 0 aromatic heterocycles. The molecule has 0 bridgehead atoms. The highest BCUT2D eigenvalue weighted by Crippen LogP contribution is 2.61. The van der Waals surface area contributed by atoms with Crippen molar-refractivity contribution in [2.45, 2.75) is 30.1 Å². The van der Waals surface area contributed by atoms with E-state index >= 15 is 0 Å². The van der Waals surface area contributed by atoms with E-state index in [9.17, 15) is 0 Å². The van der Waals surface area contributed by atoms with E-state index < -0.39 is 10.8 Å². The molecule has 15 aromatic rings. The second-order valence-electron chi connectivity index (χ2n) is 25.8. The van der Waals surface area contributed by atoms with Crippen LogP contribution in [-0.2, 0) is 16.2 Å². The highest BCUT2D eigenvalue weighted by atomic mass is 16.5. The second-order valence-corrected chi connectivity index (χ2v) is 25.8. The fraction of sp³-hybridized carbons (Fsp3) is 0.0549. The Labute approximate surface area is 543 Å². The van der Waals surface area contributed by atoms with Crippen LogP contribution in [0.1, 0.15) is 69.5 Å². The Hall–Kier alpha value is -11.6.